The molecule has 0 fully saturated rings. The van der Waals surface area contributed by atoms with E-state index in [-0.39, 0.29) is 0 Å². The smallest absolute Gasteiger partial charge is 0.337 e. The molecule has 90 valence electrons. The van der Waals surface area contributed by atoms with Gasteiger partial charge in [0.1, 0.15) is 6.10 Å². The Hall–Kier alpha value is -1.43. The van der Waals surface area contributed by atoms with Gasteiger partial charge in [0.25, 0.3) is 0 Å². The average Bonchev–Trinajstić information content (AvgIpc) is 2.83. The Bertz CT molecular complexity index is 534. The monoisotopic (exact) mass is 252 g/mol. The second-order valence-electron chi connectivity index (χ2n) is 3.63. The summed E-state index contributed by atoms with van der Waals surface area (Å²) in [5.74, 6) is -0.844. The molecule has 2 aromatic rings. The molecule has 2 N–H and O–H groups in total. The van der Waals surface area contributed by atoms with Crippen molar-refractivity contribution < 1.29 is 19.7 Å². The Morgan fingerprint density at radius 1 is 1.35 bits per heavy atom. The standard InChI is InChI=1S/C12H12O4S/c1-16-12(15)11(14)10(13)8-3-2-7-4-5-17-9(7)6-8/h2-6,10-11,13-14H,1H3. The fraction of sp³-hybridized carbons (Fsp3) is 0.250. The van der Waals surface area contributed by atoms with Gasteiger partial charge in [-0.2, -0.15) is 0 Å². The maximum atomic E-state index is 11.1. The van der Waals surface area contributed by atoms with Crippen molar-refractivity contribution in [2.45, 2.75) is 12.2 Å². The zero-order chi connectivity index (χ0) is 12.4. The number of aliphatic hydroxyl groups excluding tert-OH is 2. The first-order chi connectivity index (χ1) is 8.13. The van der Waals surface area contributed by atoms with E-state index in [9.17, 15) is 15.0 Å². The van der Waals surface area contributed by atoms with Gasteiger partial charge in [0, 0.05) is 4.70 Å². The predicted molar refractivity (Wildman–Crippen MR) is 64.8 cm³/mol. The van der Waals surface area contributed by atoms with E-state index in [1.54, 1.807) is 12.1 Å². The van der Waals surface area contributed by atoms with Crippen molar-refractivity contribution >= 4 is 27.4 Å². The van der Waals surface area contributed by atoms with E-state index in [1.165, 1.54) is 18.4 Å². The summed E-state index contributed by atoms with van der Waals surface area (Å²) in [5, 5.41) is 22.4. The Labute approximate surface area is 102 Å². The van der Waals surface area contributed by atoms with E-state index >= 15 is 0 Å². The van der Waals surface area contributed by atoms with Crippen molar-refractivity contribution in [3.05, 3.63) is 35.2 Å². The van der Waals surface area contributed by atoms with Gasteiger partial charge >= 0.3 is 5.97 Å². The Morgan fingerprint density at radius 3 is 2.82 bits per heavy atom. The largest absolute Gasteiger partial charge is 0.467 e. The Morgan fingerprint density at radius 2 is 2.12 bits per heavy atom. The number of aliphatic hydroxyl groups is 2. The Kier molecular flexibility index (Phi) is 3.42. The summed E-state index contributed by atoms with van der Waals surface area (Å²) in [4.78, 5) is 11.1. The van der Waals surface area contributed by atoms with E-state index in [2.05, 4.69) is 4.74 Å². The zero-order valence-corrected chi connectivity index (χ0v) is 9.98. The van der Waals surface area contributed by atoms with Gasteiger partial charge in [0.2, 0.25) is 0 Å². The molecule has 17 heavy (non-hydrogen) atoms. The van der Waals surface area contributed by atoms with Crippen molar-refractivity contribution in [3.63, 3.8) is 0 Å². The van der Waals surface area contributed by atoms with Crippen LogP contribution in [-0.4, -0.2) is 29.4 Å². The summed E-state index contributed by atoms with van der Waals surface area (Å²) in [7, 11) is 1.17. The molecule has 0 saturated carbocycles. The molecule has 0 bridgehead atoms. The first-order valence-corrected chi connectivity index (χ1v) is 5.92. The number of hydrogen-bond donors (Lipinski definition) is 2. The summed E-state index contributed by atoms with van der Waals surface area (Å²) >= 11 is 1.54. The van der Waals surface area contributed by atoms with Gasteiger partial charge in [-0.05, 0) is 28.5 Å². The van der Waals surface area contributed by atoms with Crippen LogP contribution >= 0.6 is 11.3 Å². The number of esters is 1. The van der Waals surface area contributed by atoms with Crippen molar-refractivity contribution in [1.82, 2.24) is 0 Å². The van der Waals surface area contributed by atoms with E-state index in [1.807, 2.05) is 17.5 Å². The van der Waals surface area contributed by atoms with Gasteiger partial charge in [0.05, 0.1) is 7.11 Å². The molecule has 0 amide bonds. The molecule has 0 radical (unpaired) electrons. The number of carbonyl (C=O) groups excluding carboxylic acids is 1. The van der Waals surface area contributed by atoms with E-state index in [0.717, 1.165) is 10.1 Å². The predicted octanol–water partition coefficient (Wildman–Crippen LogP) is 1.47. The van der Waals surface area contributed by atoms with Crippen molar-refractivity contribution in [2.75, 3.05) is 7.11 Å². The summed E-state index contributed by atoms with van der Waals surface area (Å²) in [6.07, 6.45) is -2.83. The van der Waals surface area contributed by atoms with Gasteiger partial charge < -0.3 is 14.9 Å². The van der Waals surface area contributed by atoms with E-state index in [4.69, 9.17) is 0 Å². The number of benzene rings is 1. The number of carbonyl (C=O) groups is 1. The lowest BCUT2D eigenvalue weighted by molar-refractivity contribution is -0.156. The van der Waals surface area contributed by atoms with Crippen LogP contribution in [0.25, 0.3) is 10.1 Å². The third kappa shape index (κ3) is 2.31. The molecule has 2 rings (SSSR count). The topological polar surface area (TPSA) is 66.8 Å². The highest BCUT2D eigenvalue weighted by atomic mass is 32.1. The van der Waals surface area contributed by atoms with Gasteiger partial charge in [-0.25, -0.2) is 4.79 Å². The van der Waals surface area contributed by atoms with Crippen LogP contribution in [0.4, 0.5) is 0 Å². The molecule has 1 aromatic heterocycles. The molecule has 2 atom stereocenters. The number of ether oxygens (including phenoxy) is 1. The maximum Gasteiger partial charge on any atom is 0.337 e. The minimum atomic E-state index is -1.56. The normalized spacial score (nSPS) is 14.5. The van der Waals surface area contributed by atoms with E-state index in [0.29, 0.717) is 5.56 Å². The van der Waals surface area contributed by atoms with Crippen LogP contribution in [0, 0.1) is 0 Å². The van der Waals surface area contributed by atoms with Crippen LogP contribution < -0.4 is 0 Å². The summed E-state index contributed by atoms with van der Waals surface area (Å²) in [5.41, 5.74) is 0.498. The molecule has 0 spiro atoms. The van der Waals surface area contributed by atoms with Crippen LogP contribution in [-0.2, 0) is 9.53 Å². The molecular formula is C12H12O4S. The second kappa shape index (κ2) is 4.83. The third-order valence-electron chi connectivity index (χ3n) is 2.56. The molecule has 5 heteroatoms. The molecular weight excluding hydrogens is 240 g/mol. The number of thiophene rings is 1. The first-order valence-electron chi connectivity index (χ1n) is 5.04. The van der Waals surface area contributed by atoms with Crippen molar-refractivity contribution in [2.24, 2.45) is 0 Å². The number of hydrogen-bond acceptors (Lipinski definition) is 5. The van der Waals surface area contributed by atoms with Crippen LogP contribution in [0.5, 0.6) is 0 Å². The highest BCUT2D eigenvalue weighted by molar-refractivity contribution is 7.17. The fourth-order valence-corrected chi connectivity index (χ4v) is 2.42. The minimum Gasteiger partial charge on any atom is -0.467 e. The highest BCUT2D eigenvalue weighted by Gasteiger charge is 2.26. The lowest BCUT2D eigenvalue weighted by Crippen LogP contribution is -2.28. The SMILES string of the molecule is COC(=O)C(O)C(O)c1ccc2ccsc2c1. The van der Waals surface area contributed by atoms with Crippen molar-refractivity contribution in [3.8, 4) is 0 Å². The molecule has 1 aromatic carbocycles. The highest BCUT2D eigenvalue weighted by Crippen LogP contribution is 2.26. The van der Waals surface area contributed by atoms with Crippen LogP contribution in [0.2, 0.25) is 0 Å². The lowest BCUT2D eigenvalue weighted by Gasteiger charge is -2.15. The summed E-state index contributed by atoms with van der Waals surface area (Å²) in [6.45, 7) is 0. The average molecular weight is 252 g/mol. The minimum absolute atomic E-state index is 0.498. The molecule has 4 nitrogen and oxygen atoms in total. The first kappa shape index (κ1) is 12.0. The summed E-state index contributed by atoms with van der Waals surface area (Å²) in [6, 6.07) is 7.25. The van der Waals surface area contributed by atoms with Gasteiger partial charge in [-0.15, -0.1) is 11.3 Å². The van der Waals surface area contributed by atoms with E-state index < -0.39 is 18.2 Å². The molecule has 1 heterocycles. The zero-order valence-electron chi connectivity index (χ0n) is 9.16. The van der Waals surface area contributed by atoms with Crippen LogP contribution in [0.3, 0.4) is 0 Å². The molecule has 0 aliphatic rings. The molecule has 2 unspecified atom stereocenters. The van der Waals surface area contributed by atoms with Gasteiger partial charge in [-0.3, -0.25) is 0 Å². The summed E-state index contributed by atoms with van der Waals surface area (Å²) < 4.78 is 5.38. The molecule has 0 aliphatic heterocycles. The van der Waals surface area contributed by atoms with Crippen LogP contribution in [0.15, 0.2) is 29.6 Å². The number of fused-ring (bicyclic) bond motifs is 1. The number of methoxy groups -OCH3 is 1. The molecule has 0 aliphatic carbocycles. The van der Waals surface area contributed by atoms with Crippen LogP contribution in [0.1, 0.15) is 11.7 Å². The fourth-order valence-electron chi connectivity index (χ4n) is 1.59. The molecule has 0 saturated heterocycles. The quantitative estimate of drug-likeness (QED) is 0.812. The van der Waals surface area contributed by atoms with Gasteiger partial charge in [0.15, 0.2) is 6.10 Å². The number of rotatable bonds is 3. The van der Waals surface area contributed by atoms with Crippen molar-refractivity contribution in [1.29, 1.82) is 0 Å². The van der Waals surface area contributed by atoms with Gasteiger partial charge in [-0.1, -0.05) is 12.1 Å². The Balaban J connectivity index is 2.29. The second-order valence-corrected chi connectivity index (χ2v) is 4.58. The maximum absolute atomic E-state index is 11.1. The lowest BCUT2D eigenvalue weighted by atomic mass is 10.0. The third-order valence-corrected chi connectivity index (χ3v) is 3.44.